The van der Waals surface area contributed by atoms with Gasteiger partial charge in [0.25, 0.3) is 0 Å². The van der Waals surface area contributed by atoms with E-state index < -0.39 is 6.10 Å². The van der Waals surface area contributed by atoms with Crippen molar-refractivity contribution in [2.24, 2.45) is 10.9 Å². The number of ether oxygens (including phenoxy) is 1. The van der Waals surface area contributed by atoms with Gasteiger partial charge in [-0.1, -0.05) is 13.3 Å². The fourth-order valence-corrected chi connectivity index (χ4v) is 5.20. The third-order valence-electron chi connectivity index (χ3n) is 6.71. The highest BCUT2D eigenvalue weighted by Gasteiger charge is 2.42. The van der Waals surface area contributed by atoms with Crippen LogP contribution in [0.2, 0.25) is 0 Å². The number of nitrogens with zero attached hydrogens (tertiary/aromatic N) is 5. The number of β-amino-alcohol motifs (C(OH)–C–C–N with tert-alkyl or cyclic N) is 1. The Bertz CT molecular complexity index is 836. The maximum Gasteiger partial charge on any atom is 0.410 e. The van der Waals surface area contributed by atoms with Gasteiger partial charge >= 0.3 is 6.09 Å². The van der Waals surface area contributed by atoms with Gasteiger partial charge in [-0.15, -0.1) is 10.2 Å². The minimum atomic E-state index is -0.443. The quantitative estimate of drug-likeness (QED) is 0.798. The predicted molar refractivity (Wildman–Crippen MR) is 106 cm³/mol. The molecule has 9 nitrogen and oxygen atoms in total. The summed E-state index contributed by atoms with van der Waals surface area (Å²) >= 11 is 0. The van der Waals surface area contributed by atoms with Crippen molar-refractivity contribution in [1.82, 2.24) is 25.0 Å². The van der Waals surface area contributed by atoms with Crippen LogP contribution in [0.5, 0.6) is 0 Å². The highest BCUT2D eigenvalue weighted by molar-refractivity contribution is 5.76. The molecule has 1 saturated heterocycles. The van der Waals surface area contributed by atoms with Crippen LogP contribution in [0.15, 0.2) is 17.3 Å². The van der Waals surface area contributed by atoms with Crippen LogP contribution >= 0.6 is 0 Å². The lowest BCUT2D eigenvalue weighted by Crippen LogP contribution is -2.43. The number of aliphatic hydroxyl groups excluding tert-OH is 1. The summed E-state index contributed by atoms with van der Waals surface area (Å²) in [6.45, 7) is 3.20. The molecule has 1 aromatic heterocycles. The molecule has 4 aliphatic rings. The summed E-state index contributed by atoms with van der Waals surface area (Å²) in [5.74, 6) is 2.34. The van der Waals surface area contributed by atoms with Crippen molar-refractivity contribution in [3.05, 3.63) is 23.9 Å². The lowest BCUT2D eigenvalue weighted by atomic mass is 9.92. The number of carbonyl (C=O) groups excluding carboxylic acids is 1. The number of likely N-dealkylation sites (tertiary alicyclic amines) is 1. The number of hydrogen-bond acceptors (Lipinski definition) is 7. The Kier molecular flexibility index (Phi) is 4.77. The van der Waals surface area contributed by atoms with Crippen LogP contribution in [0.1, 0.15) is 62.6 Å². The fraction of sp³-hybridized carbons (Fsp3) is 0.700. The van der Waals surface area contributed by atoms with Crippen LogP contribution < -0.4 is 5.32 Å². The molecular weight excluding hydrogens is 372 g/mol. The number of aliphatic imine (C=N–C) groups is 1. The number of aromatic nitrogens is 3. The molecule has 156 valence electrons. The Morgan fingerprint density at radius 1 is 1.38 bits per heavy atom. The monoisotopic (exact) mass is 400 g/mol. The first-order valence-electron chi connectivity index (χ1n) is 10.7. The molecule has 5 rings (SSSR count). The Morgan fingerprint density at radius 2 is 2.28 bits per heavy atom. The van der Waals surface area contributed by atoms with Gasteiger partial charge in [0.15, 0.2) is 5.82 Å². The average molecular weight is 400 g/mol. The molecule has 0 bridgehead atoms. The molecule has 1 amide bonds. The second-order valence-corrected chi connectivity index (χ2v) is 8.52. The van der Waals surface area contributed by atoms with Crippen LogP contribution in [-0.2, 0) is 4.74 Å². The highest BCUT2D eigenvalue weighted by atomic mass is 16.6. The highest BCUT2D eigenvalue weighted by Crippen LogP contribution is 2.44. The van der Waals surface area contributed by atoms with Crippen molar-refractivity contribution in [3.8, 4) is 0 Å². The molecule has 3 aliphatic heterocycles. The number of nitrogens with one attached hydrogen (secondary N) is 1. The summed E-state index contributed by atoms with van der Waals surface area (Å²) in [5.41, 5.74) is 0. The summed E-state index contributed by atoms with van der Waals surface area (Å²) in [7, 11) is 0. The number of fused-ring (bicyclic) bond motifs is 3. The molecule has 6 atom stereocenters. The van der Waals surface area contributed by atoms with Crippen molar-refractivity contribution < 1.29 is 14.6 Å². The first kappa shape index (κ1) is 18.6. The van der Waals surface area contributed by atoms with E-state index in [2.05, 4.69) is 38.1 Å². The van der Waals surface area contributed by atoms with Gasteiger partial charge in [0.2, 0.25) is 0 Å². The van der Waals surface area contributed by atoms with E-state index in [0.717, 1.165) is 43.8 Å². The Morgan fingerprint density at radius 3 is 3.10 bits per heavy atom. The molecule has 9 heteroatoms. The van der Waals surface area contributed by atoms with Gasteiger partial charge < -0.3 is 20.1 Å². The molecule has 2 fully saturated rings. The maximum atomic E-state index is 12.6. The van der Waals surface area contributed by atoms with Gasteiger partial charge in [0, 0.05) is 19.0 Å². The zero-order valence-corrected chi connectivity index (χ0v) is 16.6. The Hall–Kier alpha value is -2.42. The van der Waals surface area contributed by atoms with E-state index in [1.807, 2.05) is 6.20 Å². The zero-order valence-electron chi connectivity index (χ0n) is 16.6. The van der Waals surface area contributed by atoms with Crippen LogP contribution in [0.3, 0.4) is 0 Å². The predicted octanol–water partition coefficient (Wildman–Crippen LogP) is 1.56. The average Bonchev–Trinajstić information content (AvgIpc) is 3.44. The van der Waals surface area contributed by atoms with E-state index in [-0.39, 0.29) is 30.3 Å². The minimum absolute atomic E-state index is 0.00196. The van der Waals surface area contributed by atoms with Crippen molar-refractivity contribution >= 4 is 12.3 Å². The van der Waals surface area contributed by atoms with Gasteiger partial charge in [-0.3, -0.25) is 9.56 Å². The van der Waals surface area contributed by atoms with Crippen molar-refractivity contribution in [2.45, 2.75) is 69.4 Å². The molecule has 29 heavy (non-hydrogen) atoms. The first-order chi connectivity index (χ1) is 14.1. The van der Waals surface area contributed by atoms with E-state index in [9.17, 15) is 9.90 Å². The molecule has 2 N–H and O–H groups in total. The second kappa shape index (κ2) is 7.44. The summed E-state index contributed by atoms with van der Waals surface area (Å²) in [4.78, 5) is 18.7. The molecule has 1 aliphatic carbocycles. The summed E-state index contributed by atoms with van der Waals surface area (Å²) in [6, 6.07) is 0.0916. The topological polar surface area (TPSA) is 105 Å². The maximum absolute atomic E-state index is 12.6. The Labute approximate surface area is 169 Å². The van der Waals surface area contributed by atoms with E-state index in [0.29, 0.717) is 19.0 Å². The van der Waals surface area contributed by atoms with E-state index in [1.54, 1.807) is 11.1 Å². The van der Waals surface area contributed by atoms with Crippen LogP contribution in [0.25, 0.3) is 0 Å². The van der Waals surface area contributed by atoms with E-state index in [1.165, 1.54) is 0 Å². The lowest BCUT2D eigenvalue weighted by Gasteiger charge is -2.30. The molecule has 0 aromatic carbocycles. The SMILES string of the molecule is CC[C@@H]1C[C@H](OC(=O)N2CCC[C@@H](O)C2)C[C@@H]1c1nnc2n1C1C=CNC1N=C2. The fourth-order valence-electron chi connectivity index (χ4n) is 5.20. The molecule has 0 spiro atoms. The third kappa shape index (κ3) is 3.31. The van der Waals surface area contributed by atoms with E-state index in [4.69, 9.17) is 4.74 Å². The number of rotatable bonds is 3. The second-order valence-electron chi connectivity index (χ2n) is 8.52. The molecule has 1 aromatic rings. The summed E-state index contributed by atoms with van der Waals surface area (Å²) in [5, 5.41) is 22.0. The number of amides is 1. The van der Waals surface area contributed by atoms with Crippen LogP contribution in [-0.4, -0.2) is 68.5 Å². The number of carbonyl (C=O) groups is 1. The van der Waals surface area contributed by atoms with Gasteiger partial charge in [-0.2, -0.15) is 0 Å². The van der Waals surface area contributed by atoms with Gasteiger partial charge in [-0.25, -0.2) is 4.79 Å². The van der Waals surface area contributed by atoms with Crippen LogP contribution in [0, 0.1) is 5.92 Å². The third-order valence-corrected chi connectivity index (χ3v) is 6.71. The first-order valence-corrected chi connectivity index (χ1v) is 10.7. The molecule has 2 unspecified atom stereocenters. The number of hydrogen-bond donors (Lipinski definition) is 2. The van der Waals surface area contributed by atoms with E-state index >= 15 is 0 Å². The van der Waals surface area contributed by atoms with Crippen molar-refractivity contribution in [1.29, 1.82) is 0 Å². The normalized spacial score (nSPS) is 35.3. The molecule has 0 radical (unpaired) electrons. The molecular formula is C20H28N6O3. The van der Waals surface area contributed by atoms with Crippen LogP contribution in [0.4, 0.5) is 4.79 Å². The van der Waals surface area contributed by atoms with Gasteiger partial charge in [-0.05, 0) is 43.9 Å². The Balaban J connectivity index is 1.32. The minimum Gasteiger partial charge on any atom is -0.446 e. The van der Waals surface area contributed by atoms with Gasteiger partial charge in [0.1, 0.15) is 18.1 Å². The van der Waals surface area contributed by atoms with Gasteiger partial charge in [0.05, 0.1) is 18.4 Å². The zero-order chi connectivity index (χ0) is 20.0. The summed E-state index contributed by atoms with van der Waals surface area (Å²) in [6.07, 6.45) is 9.11. The number of piperidine rings is 1. The van der Waals surface area contributed by atoms with Crippen molar-refractivity contribution in [3.63, 3.8) is 0 Å². The van der Waals surface area contributed by atoms with Crippen molar-refractivity contribution in [2.75, 3.05) is 13.1 Å². The molecule has 1 saturated carbocycles. The standard InChI is InChI=1S/C20H28N6O3/c1-2-12-8-14(29-20(28)25-7-3-4-13(27)11-25)9-15(12)19-24-23-17-10-22-18-16(26(17)19)5-6-21-18/h5-6,10,12-16,18,21,27H,2-4,7-9,11H2,1H3/t12-,13-,14+,15+,16?,18?/m1/s1. The smallest absolute Gasteiger partial charge is 0.410 e. The largest absolute Gasteiger partial charge is 0.446 e. The lowest BCUT2D eigenvalue weighted by molar-refractivity contribution is 0.0292. The number of aliphatic hydroxyl groups is 1. The summed E-state index contributed by atoms with van der Waals surface area (Å²) < 4.78 is 8.04. The molecule has 4 heterocycles.